The lowest BCUT2D eigenvalue weighted by Gasteiger charge is -2.22. The highest BCUT2D eigenvalue weighted by Gasteiger charge is 2.19. The number of nitrogens with one attached hydrogen (secondary N) is 2. The zero-order valence-corrected chi connectivity index (χ0v) is 14.1. The molecule has 6 heteroatoms. The number of rotatable bonds is 5. The van der Waals surface area contributed by atoms with Gasteiger partial charge in [-0.15, -0.1) is 0 Å². The van der Waals surface area contributed by atoms with Gasteiger partial charge in [0, 0.05) is 11.0 Å². The number of halogens is 1. The van der Waals surface area contributed by atoms with Crippen LogP contribution in [0.4, 0.5) is 0 Å². The maximum Gasteiger partial charge on any atom is 0.241 e. The molecule has 1 aliphatic rings. The molecule has 1 aromatic rings. The Kier molecular flexibility index (Phi) is 5.60. The maximum atomic E-state index is 12.3. The van der Waals surface area contributed by atoms with E-state index in [-0.39, 0.29) is 0 Å². The van der Waals surface area contributed by atoms with E-state index in [9.17, 15) is 8.42 Å². The molecule has 0 amide bonds. The third kappa shape index (κ3) is 4.04. The fourth-order valence-electron chi connectivity index (χ4n) is 2.47. The highest BCUT2D eigenvalue weighted by atomic mass is 79.9. The molecule has 2 N–H and O–H groups in total. The van der Waals surface area contributed by atoms with E-state index in [0.717, 1.165) is 25.1 Å². The summed E-state index contributed by atoms with van der Waals surface area (Å²) in [5, 5.41) is 3.35. The third-order valence-corrected chi connectivity index (χ3v) is 6.51. The largest absolute Gasteiger partial charge is 0.316 e. The minimum absolute atomic E-state index is 0.319. The Balaban J connectivity index is 1.95. The van der Waals surface area contributed by atoms with Crippen LogP contribution >= 0.6 is 15.9 Å². The molecule has 1 aromatic carbocycles. The van der Waals surface area contributed by atoms with Gasteiger partial charge >= 0.3 is 0 Å². The lowest BCUT2D eigenvalue weighted by atomic mass is 9.96. The third-order valence-electron chi connectivity index (χ3n) is 3.69. The highest BCUT2D eigenvalue weighted by Crippen LogP contribution is 2.25. The summed E-state index contributed by atoms with van der Waals surface area (Å²) >= 11 is 3.36. The Bertz CT molecular complexity index is 554. The van der Waals surface area contributed by atoms with Gasteiger partial charge < -0.3 is 5.32 Å². The van der Waals surface area contributed by atoms with E-state index in [0.29, 0.717) is 21.8 Å². The molecule has 1 heterocycles. The molecule has 20 heavy (non-hydrogen) atoms. The van der Waals surface area contributed by atoms with Gasteiger partial charge in [0.05, 0.1) is 4.90 Å². The summed E-state index contributed by atoms with van der Waals surface area (Å²) in [6, 6.07) is 5.28. The molecule has 1 saturated heterocycles. The van der Waals surface area contributed by atoms with Gasteiger partial charge in [0.2, 0.25) is 10.0 Å². The van der Waals surface area contributed by atoms with Gasteiger partial charge in [0.1, 0.15) is 0 Å². The summed E-state index contributed by atoms with van der Waals surface area (Å²) in [6.45, 7) is 4.46. The number of benzene rings is 1. The molecule has 1 fully saturated rings. The second kappa shape index (κ2) is 7.02. The summed E-state index contributed by atoms with van der Waals surface area (Å²) in [5.41, 5.74) is 0.921. The van der Waals surface area contributed by atoms with Crippen molar-refractivity contribution < 1.29 is 8.42 Å². The zero-order chi connectivity index (χ0) is 14.6. The molecule has 0 spiro atoms. The molecule has 0 bridgehead atoms. The molecule has 0 aromatic heterocycles. The van der Waals surface area contributed by atoms with Crippen molar-refractivity contribution in [1.82, 2.24) is 10.0 Å². The van der Waals surface area contributed by atoms with Crippen molar-refractivity contribution in [3.63, 3.8) is 0 Å². The van der Waals surface area contributed by atoms with Crippen LogP contribution in [0.1, 0.15) is 24.8 Å². The van der Waals surface area contributed by atoms with Gasteiger partial charge in [-0.2, -0.15) is 0 Å². The van der Waals surface area contributed by atoms with Crippen molar-refractivity contribution in [2.75, 3.05) is 19.6 Å². The monoisotopic (exact) mass is 360 g/mol. The minimum Gasteiger partial charge on any atom is -0.316 e. The first-order chi connectivity index (χ1) is 9.50. The zero-order valence-electron chi connectivity index (χ0n) is 11.7. The fourth-order valence-corrected chi connectivity index (χ4v) is 4.57. The maximum absolute atomic E-state index is 12.3. The summed E-state index contributed by atoms with van der Waals surface area (Å²) in [7, 11) is -3.43. The van der Waals surface area contributed by atoms with Crippen molar-refractivity contribution in [3.8, 4) is 0 Å². The molecule has 1 aliphatic heterocycles. The number of piperidine rings is 1. The van der Waals surface area contributed by atoms with E-state index in [4.69, 9.17) is 0 Å². The number of hydrogen-bond acceptors (Lipinski definition) is 3. The van der Waals surface area contributed by atoms with Crippen LogP contribution in [-0.4, -0.2) is 28.1 Å². The van der Waals surface area contributed by atoms with Crippen LogP contribution in [0.15, 0.2) is 27.6 Å². The first kappa shape index (κ1) is 15.9. The quantitative estimate of drug-likeness (QED) is 0.847. The van der Waals surface area contributed by atoms with Gasteiger partial charge in [0.25, 0.3) is 0 Å². The Hall–Kier alpha value is -0.430. The topological polar surface area (TPSA) is 58.2 Å². The summed E-state index contributed by atoms with van der Waals surface area (Å²) in [4.78, 5) is 0.319. The first-order valence-electron chi connectivity index (χ1n) is 6.96. The Labute approximate surface area is 129 Å². The van der Waals surface area contributed by atoms with Crippen LogP contribution < -0.4 is 10.0 Å². The number of hydrogen-bond donors (Lipinski definition) is 2. The lowest BCUT2D eigenvalue weighted by Crippen LogP contribution is -2.33. The van der Waals surface area contributed by atoms with Crippen molar-refractivity contribution in [2.24, 2.45) is 5.92 Å². The van der Waals surface area contributed by atoms with E-state index in [2.05, 4.69) is 26.0 Å². The summed E-state index contributed by atoms with van der Waals surface area (Å²) in [5.74, 6) is 0.576. The molecule has 4 nitrogen and oxygen atoms in total. The van der Waals surface area contributed by atoms with Gasteiger partial charge in [-0.3, -0.25) is 0 Å². The van der Waals surface area contributed by atoms with Crippen LogP contribution in [-0.2, 0) is 10.0 Å². The van der Waals surface area contributed by atoms with E-state index in [1.165, 1.54) is 12.8 Å². The van der Waals surface area contributed by atoms with Crippen molar-refractivity contribution in [3.05, 3.63) is 28.2 Å². The van der Waals surface area contributed by atoms with E-state index in [1.807, 2.05) is 13.0 Å². The highest BCUT2D eigenvalue weighted by molar-refractivity contribution is 9.10. The SMILES string of the molecule is Cc1cccc(S(=O)(=O)NCCC2CCCNC2)c1Br. The van der Waals surface area contributed by atoms with Crippen LogP contribution in [0.3, 0.4) is 0 Å². The Morgan fingerprint density at radius 3 is 2.95 bits per heavy atom. The van der Waals surface area contributed by atoms with Crippen LogP contribution in [0.5, 0.6) is 0 Å². The lowest BCUT2D eigenvalue weighted by molar-refractivity contribution is 0.358. The molecule has 112 valence electrons. The average Bonchev–Trinajstić information content (AvgIpc) is 2.42. The second-order valence-corrected chi connectivity index (χ2v) is 7.81. The summed E-state index contributed by atoms with van der Waals surface area (Å²) in [6.07, 6.45) is 3.25. The number of sulfonamides is 1. The van der Waals surface area contributed by atoms with Crippen LogP contribution in [0.2, 0.25) is 0 Å². The smallest absolute Gasteiger partial charge is 0.241 e. The molecule has 1 unspecified atom stereocenters. The van der Waals surface area contributed by atoms with Crippen LogP contribution in [0.25, 0.3) is 0 Å². The molecule has 2 rings (SSSR count). The molecule has 0 saturated carbocycles. The van der Waals surface area contributed by atoms with E-state index >= 15 is 0 Å². The molecular weight excluding hydrogens is 340 g/mol. The predicted molar refractivity (Wildman–Crippen MR) is 84.3 cm³/mol. The number of aryl methyl sites for hydroxylation is 1. The predicted octanol–water partition coefficient (Wildman–Crippen LogP) is 2.43. The van der Waals surface area contributed by atoms with E-state index < -0.39 is 10.0 Å². The van der Waals surface area contributed by atoms with Gasteiger partial charge in [-0.05, 0) is 72.8 Å². The summed E-state index contributed by atoms with van der Waals surface area (Å²) < 4.78 is 27.9. The second-order valence-electron chi connectivity index (χ2n) is 5.29. The van der Waals surface area contributed by atoms with Crippen LogP contribution in [0, 0.1) is 12.8 Å². The fraction of sp³-hybridized carbons (Fsp3) is 0.571. The molecular formula is C14H21BrN2O2S. The minimum atomic E-state index is -3.43. The van der Waals surface area contributed by atoms with Crippen molar-refractivity contribution in [2.45, 2.75) is 31.1 Å². The standard InChI is InChI=1S/C14H21BrN2O2S/c1-11-4-2-6-13(14(11)15)20(18,19)17-9-7-12-5-3-8-16-10-12/h2,4,6,12,16-17H,3,5,7-10H2,1H3. The van der Waals surface area contributed by atoms with E-state index in [1.54, 1.807) is 12.1 Å². The average molecular weight is 361 g/mol. The van der Waals surface area contributed by atoms with Crippen molar-refractivity contribution >= 4 is 26.0 Å². The van der Waals surface area contributed by atoms with Gasteiger partial charge in [-0.25, -0.2) is 13.1 Å². The Morgan fingerprint density at radius 2 is 2.25 bits per heavy atom. The van der Waals surface area contributed by atoms with Crippen molar-refractivity contribution in [1.29, 1.82) is 0 Å². The van der Waals surface area contributed by atoms with Gasteiger partial charge in [-0.1, -0.05) is 12.1 Å². The molecule has 0 aliphatic carbocycles. The Morgan fingerprint density at radius 1 is 1.45 bits per heavy atom. The molecule has 1 atom stereocenters. The normalized spacial score (nSPS) is 20.0. The van der Waals surface area contributed by atoms with Gasteiger partial charge in [0.15, 0.2) is 0 Å². The first-order valence-corrected chi connectivity index (χ1v) is 9.24. The molecule has 0 radical (unpaired) electrons.